The summed E-state index contributed by atoms with van der Waals surface area (Å²) < 4.78 is 0. The van der Waals surface area contributed by atoms with Gasteiger partial charge >= 0.3 is 0 Å². The van der Waals surface area contributed by atoms with Gasteiger partial charge in [-0.15, -0.1) is 0 Å². The highest BCUT2D eigenvalue weighted by molar-refractivity contribution is 8.03. The van der Waals surface area contributed by atoms with Crippen molar-refractivity contribution < 1.29 is 0 Å². The highest BCUT2D eigenvalue weighted by atomic mass is 32.2. The van der Waals surface area contributed by atoms with Gasteiger partial charge < -0.3 is 4.90 Å². The maximum atomic E-state index is 9.38. The van der Waals surface area contributed by atoms with Crippen molar-refractivity contribution in [2.45, 2.75) is 11.8 Å². The van der Waals surface area contributed by atoms with Gasteiger partial charge in [0, 0.05) is 22.4 Å². The van der Waals surface area contributed by atoms with E-state index in [0.717, 1.165) is 17.1 Å². The number of thioether (sulfide) groups is 1. The number of hydrogen-bond donors (Lipinski definition) is 0. The number of nitriles is 2. The molecule has 1 heterocycles. The normalized spacial score (nSPS) is 14.0. The van der Waals surface area contributed by atoms with Gasteiger partial charge in [0.25, 0.3) is 0 Å². The molecule has 144 valence electrons. The van der Waals surface area contributed by atoms with Crippen LogP contribution in [0.25, 0.3) is 16.3 Å². The lowest BCUT2D eigenvalue weighted by molar-refractivity contribution is 1.01. The van der Waals surface area contributed by atoms with Crippen molar-refractivity contribution in [3.8, 4) is 12.1 Å². The molecule has 30 heavy (non-hydrogen) atoms. The van der Waals surface area contributed by atoms with Crippen LogP contribution in [0.1, 0.15) is 12.5 Å². The van der Waals surface area contributed by atoms with E-state index >= 15 is 0 Å². The maximum Gasteiger partial charge on any atom is 0.137 e. The molecular weight excluding hydrogens is 386 g/mol. The number of rotatable bonds is 4. The van der Waals surface area contributed by atoms with E-state index in [9.17, 15) is 10.5 Å². The highest BCUT2D eigenvalue weighted by Crippen LogP contribution is 2.49. The smallest absolute Gasteiger partial charge is 0.137 e. The standard InChI is InChI=1S/C26H19N3S/c1-2-29-25(30-24-16-15-20-11-6-7-12-23(20)26(24)29)14-8-13-22(21(17-27)18-28)19-9-4-3-5-10-19/h3-16H,2H2,1H3/b13-8-,25-14+. The van der Waals surface area contributed by atoms with Gasteiger partial charge in [0.15, 0.2) is 0 Å². The number of hydrogen-bond acceptors (Lipinski definition) is 4. The minimum Gasteiger partial charge on any atom is -0.335 e. The van der Waals surface area contributed by atoms with Crippen molar-refractivity contribution in [3.63, 3.8) is 0 Å². The summed E-state index contributed by atoms with van der Waals surface area (Å²) in [4.78, 5) is 3.55. The second kappa shape index (κ2) is 8.74. The number of fused-ring (bicyclic) bond motifs is 3. The van der Waals surface area contributed by atoms with Gasteiger partial charge in [-0.2, -0.15) is 10.5 Å². The Labute approximate surface area is 180 Å². The maximum absolute atomic E-state index is 9.38. The molecule has 0 amide bonds. The zero-order chi connectivity index (χ0) is 20.9. The van der Waals surface area contributed by atoms with Crippen LogP contribution in [-0.2, 0) is 0 Å². The Kier molecular flexibility index (Phi) is 5.70. The van der Waals surface area contributed by atoms with Crippen molar-refractivity contribution >= 4 is 33.8 Å². The van der Waals surface area contributed by atoms with Crippen molar-refractivity contribution in [2.24, 2.45) is 0 Å². The molecule has 3 aromatic rings. The molecule has 0 N–H and O–H groups in total. The molecule has 0 fully saturated rings. The molecule has 0 radical (unpaired) electrons. The van der Waals surface area contributed by atoms with Crippen molar-refractivity contribution in [1.82, 2.24) is 0 Å². The number of anilines is 1. The Morgan fingerprint density at radius 1 is 0.967 bits per heavy atom. The number of benzene rings is 3. The van der Waals surface area contributed by atoms with Gasteiger partial charge in [0.2, 0.25) is 0 Å². The van der Waals surface area contributed by atoms with E-state index in [-0.39, 0.29) is 5.57 Å². The van der Waals surface area contributed by atoms with Crippen molar-refractivity contribution in [2.75, 3.05) is 11.4 Å². The van der Waals surface area contributed by atoms with Gasteiger partial charge in [0.1, 0.15) is 17.7 Å². The zero-order valence-electron chi connectivity index (χ0n) is 16.5. The van der Waals surface area contributed by atoms with Gasteiger partial charge in [-0.05, 0) is 30.0 Å². The summed E-state index contributed by atoms with van der Waals surface area (Å²) >= 11 is 1.74. The molecule has 0 aromatic heterocycles. The van der Waals surface area contributed by atoms with E-state index < -0.39 is 0 Å². The third kappa shape index (κ3) is 3.62. The molecule has 0 saturated carbocycles. The van der Waals surface area contributed by atoms with Crippen LogP contribution in [0.3, 0.4) is 0 Å². The van der Waals surface area contributed by atoms with Gasteiger partial charge in [0.05, 0.1) is 10.7 Å². The third-order valence-corrected chi connectivity index (χ3v) is 6.12. The molecule has 0 unspecified atom stereocenters. The van der Waals surface area contributed by atoms with Crippen LogP contribution >= 0.6 is 11.8 Å². The molecule has 3 nitrogen and oxygen atoms in total. The molecule has 4 heteroatoms. The number of nitrogens with zero attached hydrogens (tertiary/aromatic N) is 3. The Hall–Kier alpha value is -3.73. The third-order valence-electron chi connectivity index (χ3n) is 5.01. The molecule has 1 aliphatic rings. The first-order valence-electron chi connectivity index (χ1n) is 9.72. The Bertz CT molecular complexity index is 1260. The predicted molar refractivity (Wildman–Crippen MR) is 125 cm³/mol. The van der Waals surface area contributed by atoms with E-state index in [1.165, 1.54) is 21.4 Å². The lowest BCUT2D eigenvalue weighted by atomic mass is 10.0. The molecule has 4 rings (SSSR count). The largest absolute Gasteiger partial charge is 0.335 e. The summed E-state index contributed by atoms with van der Waals surface area (Å²) in [6, 6.07) is 26.3. The fraction of sp³-hybridized carbons (Fsp3) is 0.0769. The van der Waals surface area contributed by atoms with Crippen LogP contribution in [0.15, 0.2) is 100 Å². The first-order chi connectivity index (χ1) is 14.8. The Balaban J connectivity index is 1.72. The Morgan fingerprint density at radius 3 is 2.43 bits per heavy atom. The summed E-state index contributed by atoms with van der Waals surface area (Å²) in [6.07, 6.45) is 5.83. The van der Waals surface area contributed by atoms with Crippen LogP contribution in [0.2, 0.25) is 0 Å². The summed E-state index contributed by atoms with van der Waals surface area (Å²) in [5.74, 6) is 0. The van der Waals surface area contributed by atoms with Crippen LogP contribution in [0, 0.1) is 22.7 Å². The van der Waals surface area contributed by atoms with Crippen molar-refractivity contribution in [3.05, 3.63) is 101 Å². The van der Waals surface area contributed by atoms with Gasteiger partial charge in [-0.1, -0.05) is 84.6 Å². The molecular formula is C26H19N3S. The lowest BCUT2D eigenvalue weighted by Crippen LogP contribution is -2.16. The quantitative estimate of drug-likeness (QED) is 0.359. The summed E-state index contributed by atoms with van der Waals surface area (Å²) in [5.41, 5.74) is 2.84. The van der Waals surface area contributed by atoms with E-state index in [2.05, 4.69) is 54.3 Å². The fourth-order valence-electron chi connectivity index (χ4n) is 3.63. The van der Waals surface area contributed by atoms with Crippen LogP contribution in [0.4, 0.5) is 5.69 Å². The average molecular weight is 406 g/mol. The van der Waals surface area contributed by atoms with E-state index in [1.54, 1.807) is 11.8 Å². The molecule has 3 aromatic carbocycles. The summed E-state index contributed by atoms with van der Waals surface area (Å²) in [5, 5.41) is 22.4. The SMILES string of the molecule is CCN1/C(=C\C=C/C(=C(C#N)C#N)c2ccccc2)Sc2ccc3ccccc3c21. The van der Waals surface area contributed by atoms with Crippen molar-refractivity contribution in [1.29, 1.82) is 10.5 Å². The first kappa shape index (κ1) is 19.6. The summed E-state index contributed by atoms with van der Waals surface area (Å²) in [6.45, 7) is 3.00. The monoisotopic (exact) mass is 405 g/mol. The minimum atomic E-state index is 0.108. The number of allylic oxidation sites excluding steroid dienone is 5. The molecule has 1 aliphatic heterocycles. The van der Waals surface area contributed by atoms with E-state index in [4.69, 9.17) is 0 Å². The average Bonchev–Trinajstić information content (AvgIpc) is 3.17. The summed E-state index contributed by atoms with van der Waals surface area (Å²) in [7, 11) is 0. The molecule has 0 spiro atoms. The molecule has 0 aliphatic carbocycles. The van der Waals surface area contributed by atoms with Gasteiger partial charge in [-0.25, -0.2) is 0 Å². The minimum absolute atomic E-state index is 0.108. The van der Waals surface area contributed by atoms with Gasteiger partial charge in [-0.3, -0.25) is 0 Å². The fourth-order valence-corrected chi connectivity index (χ4v) is 4.78. The first-order valence-corrected chi connectivity index (χ1v) is 10.5. The topological polar surface area (TPSA) is 50.8 Å². The molecule has 0 bridgehead atoms. The van der Waals surface area contributed by atoms with E-state index in [0.29, 0.717) is 5.57 Å². The second-order valence-electron chi connectivity index (χ2n) is 6.72. The van der Waals surface area contributed by atoms with Crippen LogP contribution < -0.4 is 4.90 Å². The lowest BCUT2D eigenvalue weighted by Gasteiger charge is -2.19. The molecule has 0 saturated heterocycles. The molecule has 0 atom stereocenters. The van der Waals surface area contributed by atoms with E-state index in [1.807, 2.05) is 54.6 Å². The highest BCUT2D eigenvalue weighted by Gasteiger charge is 2.25. The van der Waals surface area contributed by atoms with Crippen LogP contribution in [-0.4, -0.2) is 6.54 Å². The second-order valence-corrected chi connectivity index (χ2v) is 7.78. The zero-order valence-corrected chi connectivity index (χ0v) is 17.4. The van der Waals surface area contributed by atoms with Crippen LogP contribution in [0.5, 0.6) is 0 Å². The predicted octanol–water partition coefficient (Wildman–Crippen LogP) is 6.67. The Morgan fingerprint density at radius 2 is 1.70 bits per heavy atom.